The molecule has 0 radical (unpaired) electrons. The van der Waals surface area contributed by atoms with Gasteiger partial charge in [-0.25, -0.2) is 4.98 Å². The minimum absolute atomic E-state index is 0.0912. The Labute approximate surface area is 97.7 Å². The van der Waals surface area contributed by atoms with Gasteiger partial charge in [-0.2, -0.15) is 0 Å². The summed E-state index contributed by atoms with van der Waals surface area (Å²) in [6.07, 6.45) is 2.91. The van der Waals surface area contributed by atoms with Gasteiger partial charge in [0.05, 0.1) is 4.83 Å². The lowest BCUT2D eigenvalue weighted by Gasteiger charge is -2.27. The first-order chi connectivity index (χ1) is 7.13. The highest BCUT2D eigenvalue weighted by Gasteiger charge is 2.25. The van der Waals surface area contributed by atoms with Crippen LogP contribution in [0.5, 0.6) is 0 Å². The zero-order valence-electron chi connectivity index (χ0n) is 9.03. The fraction of sp³-hybridized carbons (Fsp3) is 0.636. The van der Waals surface area contributed by atoms with Crippen molar-refractivity contribution >= 4 is 15.9 Å². The van der Waals surface area contributed by atoms with E-state index in [0.717, 1.165) is 30.8 Å². The van der Waals surface area contributed by atoms with Gasteiger partial charge in [-0.15, -0.1) is 0 Å². The molecule has 82 valence electrons. The second-order valence-electron chi connectivity index (χ2n) is 4.06. The summed E-state index contributed by atoms with van der Waals surface area (Å²) in [5.41, 5.74) is 0.985. The van der Waals surface area contributed by atoms with E-state index in [1.807, 2.05) is 11.5 Å². The van der Waals surface area contributed by atoms with Gasteiger partial charge < -0.3 is 0 Å². The van der Waals surface area contributed by atoms with E-state index in [4.69, 9.17) is 0 Å². The molecule has 15 heavy (non-hydrogen) atoms. The van der Waals surface area contributed by atoms with Gasteiger partial charge >= 0.3 is 0 Å². The molecule has 0 spiro atoms. The normalized spacial score (nSPS) is 25.0. The summed E-state index contributed by atoms with van der Waals surface area (Å²) in [4.78, 5) is 16.7. The first-order valence-electron chi connectivity index (χ1n) is 5.40. The third kappa shape index (κ3) is 1.87. The SMILES string of the molecule is CCc1cc(=O)n2c(n1)C(Br)CCC2C. The molecular weight excluding hydrogens is 256 g/mol. The largest absolute Gasteiger partial charge is 0.293 e. The van der Waals surface area contributed by atoms with Crippen LogP contribution in [0.15, 0.2) is 10.9 Å². The molecule has 0 saturated heterocycles. The Bertz CT molecular complexity index is 427. The number of alkyl halides is 1. The zero-order chi connectivity index (χ0) is 11.0. The predicted molar refractivity (Wildman–Crippen MR) is 63.5 cm³/mol. The Morgan fingerprint density at radius 1 is 1.60 bits per heavy atom. The van der Waals surface area contributed by atoms with Crippen LogP contribution < -0.4 is 5.56 Å². The quantitative estimate of drug-likeness (QED) is 0.736. The van der Waals surface area contributed by atoms with Crippen LogP contribution >= 0.6 is 15.9 Å². The van der Waals surface area contributed by atoms with E-state index in [1.54, 1.807) is 6.07 Å². The number of aromatic nitrogens is 2. The first kappa shape index (κ1) is 10.9. The maximum absolute atomic E-state index is 11.9. The maximum atomic E-state index is 11.9. The molecule has 1 aliphatic rings. The number of hydrogen-bond acceptors (Lipinski definition) is 2. The van der Waals surface area contributed by atoms with Crippen molar-refractivity contribution in [3.05, 3.63) is 27.9 Å². The van der Waals surface area contributed by atoms with Crippen LogP contribution in [0.1, 0.15) is 49.1 Å². The van der Waals surface area contributed by atoms with Crippen LogP contribution in [-0.4, -0.2) is 9.55 Å². The highest BCUT2D eigenvalue weighted by Crippen LogP contribution is 2.34. The van der Waals surface area contributed by atoms with Crippen LogP contribution in [0.4, 0.5) is 0 Å². The summed E-state index contributed by atoms with van der Waals surface area (Å²) >= 11 is 3.59. The van der Waals surface area contributed by atoms with Gasteiger partial charge in [0, 0.05) is 17.8 Å². The summed E-state index contributed by atoms with van der Waals surface area (Å²) in [5, 5.41) is 0. The van der Waals surface area contributed by atoms with E-state index in [1.165, 1.54) is 0 Å². The van der Waals surface area contributed by atoms with E-state index in [0.29, 0.717) is 0 Å². The van der Waals surface area contributed by atoms with Crippen LogP contribution in [-0.2, 0) is 6.42 Å². The molecule has 1 aliphatic heterocycles. The van der Waals surface area contributed by atoms with Gasteiger partial charge in [-0.1, -0.05) is 22.9 Å². The van der Waals surface area contributed by atoms with Crippen molar-refractivity contribution in [1.82, 2.24) is 9.55 Å². The number of nitrogens with zero attached hydrogens (tertiary/aromatic N) is 2. The lowest BCUT2D eigenvalue weighted by molar-refractivity contribution is 0.401. The predicted octanol–water partition coefficient (Wildman–Crippen LogP) is 2.60. The van der Waals surface area contributed by atoms with E-state index >= 15 is 0 Å². The topological polar surface area (TPSA) is 34.9 Å². The molecule has 3 nitrogen and oxygen atoms in total. The van der Waals surface area contributed by atoms with Crippen molar-refractivity contribution in [2.24, 2.45) is 0 Å². The third-order valence-corrected chi connectivity index (χ3v) is 3.82. The van der Waals surface area contributed by atoms with Crippen molar-refractivity contribution < 1.29 is 0 Å². The van der Waals surface area contributed by atoms with Crippen LogP contribution in [0.3, 0.4) is 0 Å². The Hall–Kier alpha value is -0.640. The molecule has 2 unspecified atom stereocenters. The average Bonchev–Trinajstić information content (AvgIpc) is 2.23. The van der Waals surface area contributed by atoms with E-state index in [2.05, 4.69) is 27.8 Å². The van der Waals surface area contributed by atoms with Gasteiger partial charge in [0.2, 0.25) is 0 Å². The molecule has 4 heteroatoms. The Balaban J connectivity index is 2.62. The standard InChI is InChI=1S/C11H15BrN2O/c1-3-8-6-10(15)14-7(2)4-5-9(12)11(14)13-8/h6-7,9H,3-5H2,1-2H3. The Morgan fingerprint density at radius 3 is 3.00 bits per heavy atom. The minimum Gasteiger partial charge on any atom is -0.293 e. The monoisotopic (exact) mass is 270 g/mol. The number of rotatable bonds is 1. The average molecular weight is 271 g/mol. The zero-order valence-corrected chi connectivity index (χ0v) is 10.6. The molecule has 0 N–H and O–H groups in total. The molecule has 2 atom stereocenters. The molecule has 1 aromatic heterocycles. The van der Waals surface area contributed by atoms with Crippen LogP contribution in [0.2, 0.25) is 0 Å². The van der Waals surface area contributed by atoms with Gasteiger partial charge in [0.25, 0.3) is 5.56 Å². The summed E-state index contributed by atoms with van der Waals surface area (Å²) in [6.45, 7) is 4.10. The van der Waals surface area contributed by atoms with Crippen molar-refractivity contribution in [2.45, 2.75) is 44.0 Å². The van der Waals surface area contributed by atoms with Gasteiger partial charge in [-0.3, -0.25) is 9.36 Å². The van der Waals surface area contributed by atoms with E-state index in [9.17, 15) is 4.79 Å². The lowest BCUT2D eigenvalue weighted by Crippen LogP contribution is -2.31. The molecule has 2 rings (SSSR count). The summed E-state index contributed by atoms with van der Waals surface area (Å²) in [5.74, 6) is 0.901. The number of aryl methyl sites for hydroxylation is 1. The second kappa shape index (κ2) is 4.08. The van der Waals surface area contributed by atoms with E-state index < -0.39 is 0 Å². The maximum Gasteiger partial charge on any atom is 0.254 e. The summed E-state index contributed by atoms with van der Waals surface area (Å²) in [6, 6.07) is 1.94. The molecular formula is C11H15BrN2O. The van der Waals surface area contributed by atoms with Crippen molar-refractivity contribution in [2.75, 3.05) is 0 Å². The molecule has 0 saturated carbocycles. The van der Waals surface area contributed by atoms with Gasteiger partial charge in [-0.05, 0) is 26.2 Å². The molecule has 1 aromatic rings. The third-order valence-electron chi connectivity index (χ3n) is 2.95. The Kier molecular flexibility index (Phi) is 2.96. The van der Waals surface area contributed by atoms with Crippen LogP contribution in [0.25, 0.3) is 0 Å². The summed E-state index contributed by atoms with van der Waals surface area (Å²) in [7, 11) is 0. The molecule has 0 bridgehead atoms. The highest BCUT2D eigenvalue weighted by atomic mass is 79.9. The highest BCUT2D eigenvalue weighted by molar-refractivity contribution is 9.09. The number of hydrogen-bond donors (Lipinski definition) is 0. The fourth-order valence-corrected chi connectivity index (χ4v) is 2.64. The number of fused-ring (bicyclic) bond motifs is 1. The van der Waals surface area contributed by atoms with Crippen LogP contribution in [0, 0.1) is 0 Å². The summed E-state index contributed by atoms with van der Waals surface area (Å²) < 4.78 is 1.82. The fourth-order valence-electron chi connectivity index (χ4n) is 2.05. The van der Waals surface area contributed by atoms with Crippen molar-refractivity contribution in [3.63, 3.8) is 0 Å². The minimum atomic E-state index is 0.0912. The van der Waals surface area contributed by atoms with Gasteiger partial charge in [0.1, 0.15) is 5.82 Å². The first-order valence-corrected chi connectivity index (χ1v) is 6.31. The molecule has 0 fully saturated rings. The molecule has 0 amide bonds. The van der Waals surface area contributed by atoms with Gasteiger partial charge in [0.15, 0.2) is 0 Å². The lowest BCUT2D eigenvalue weighted by atomic mass is 10.1. The second-order valence-corrected chi connectivity index (χ2v) is 5.17. The molecule has 0 aliphatic carbocycles. The Morgan fingerprint density at radius 2 is 2.33 bits per heavy atom. The van der Waals surface area contributed by atoms with Crippen molar-refractivity contribution in [1.29, 1.82) is 0 Å². The molecule has 0 aromatic carbocycles. The van der Waals surface area contributed by atoms with Crippen molar-refractivity contribution in [3.8, 4) is 0 Å². The number of halogens is 1. The van der Waals surface area contributed by atoms with E-state index in [-0.39, 0.29) is 16.4 Å². The smallest absolute Gasteiger partial charge is 0.254 e. The molecule has 2 heterocycles.